The number of hydrogen-bond acceptors (Lipinski definition) is 4. The molecule has 0 aliphatic carbocycles. The Kier molecular flexibility index (Phi) is 5.48. The molecule has 0 bridgehead atoms. The van der Waals surface area contributed by atoms with Crippen LogP contribution in [-0.4, -0.2) is 81.9 Å². The Hall–Kier alpha value is -1.89. The van der Waals surface area contributed by atoms with Crippen LogP contribution in [0.25, 0.3) is 0 Å². The molecule has 2 fully saturated rings. The Morgan fingerprint density at radius 1 is 0.815 bits per heavy atom. The normalized spacial score (nSPS) is 21.2. The number of rotatable bonds is 3. The van der Waals surface area contributed by atoms with E-state index in [1.807, 2.05) is 14.4 Å². The summed E-state index contributed by atoms with van der Waals surface area (Å²) < 4.78 is 2.04. The largest absolute Gasteiger partial charge is 0.337 e. The number of likely N-dealkylation sites (tertiary alicyclic amines) is 1. The van der Waals surface area contributed by atoms with Gasteiger partial charge in [0.25, 0.3) is 11.8 Å². The lowest BCUT2D eigenvalue weighted by molar-refractivity contribution is 0.0625. The third kappa shape index (κ3) is 3.61. The minimum Gasteiger partial charge on any atom is -0.337 e. The summed E-state index contributed by atoms with van der Waals surface area (Å²) in [6, 6.07) is 0. The van der Waals surface area contributed by atoms with Gasteiger partial charge in [-0.3, -0.25) is 9.59 Å². The van der Waals surface area contributed by atoms with Crippen LogP contribution in [0.2, 0.25) is 0 Å². The number of carbonyl (C=O) groups excluding carboxylic acids is 2. The zero-order chi connectivity index (χ0) is 18.8. The number of hydrogen-bond donors (Lipinski definition) is 0. The van der Waals surface area contributed by atoms with Gasteiger partial charge in [-0.25, -0.2) is 4.98 Å². The monoisotopic (exact) mass is 373 g/mol. The summed E-state index contributed by atoms with van der Waals surface area (Å²) >= 11 is 0. The van der Waals surface area contributed by atoms with Crippen LogP contribution in [0.15, 0.2) is 0 Å². The second-order valence-corrected chi connectivity index (χ2v) is 7.92. The fourth-order valence-corrected chi connectivity index (χ4v) is 4.53. The summed E-state index contributed by atoms with van der Waals surface area (Å²) in [5.74, 6) is 0.497. The summed E-state index contributed by atoms with van der Waals surface area (Å²) in [6.07, 6.45) is 6.28. The number of amides is 2. The molecule has 4 rings (SSSR count). The van der Waals surface area contributed by atoms with Crippen LogP contribution in [-0.2, 0) is 13.0 Å². The summed E-state index contributed by atoms with van der Waals surface area (Å²) in [5, 5.41) is 0. The number of imidazole rings is 1. The number of piperazine rings is 1. The first-order valence-electron chi connectivity index (χ1n) is 10.6. The van der Waals surface area contributed by atoms with E-state index in [0.29, 0.717) is 11.5 Å². The van der Waals surface area contributed by atoms with Crippen molar-refractivity contribution in [3.63, 3.8) is 0 Å². The molecule has 3 aliphatic heterocycles. The molecule has 1 aromatic heterocycles. The molecule has 148 valence electrons. The van der Waals surface area contributed by atoms with E-state index < -0.39 is 0 Å². The van der Waals surface area contributed by atoms with E-state index in [9.17, 15) is 9.59 Å². The number of likely N-dealkylation sites (N-methyl/N-ethyl adjacent to an activating group) is 1. The Balaban J connectivity index is 1.58. The van der Waals surface area contributed by atoms with Crippen molar-refractivity contribution in [2.45, 2.75) is 52.0 Å². The molecule has 0 unspecified atom stereocenters. The maximum absolute atomic E-state index is 13.2. The first-order valence-corrected chi connectivity index (χ1v) is 10.6. The Labute approximate surface area is 161 Å². The maximum Gasteiger partial charge on any atom is 0.289 e. The van der Waals surface area contributed by atoms with Gasteiger partial charge < -0.3 is 19.3 Å². The second-order valence-electron chi connectivity index (χ2n) is 7.92. The number of aromatic nitrogens is 2. The number of carbonyl (C=O) groups is 2. The first-order chi connectivity index (χ1) is 13.2. The highest BCUT2D eigenvalue weighted by Crippen LogP contribution is 2.24. The van der Waals surface area contributed by atoms with Crippen LogP contribution in [0.1, 0.15) is 65.8 Å². The van der Waals surface area contributed by atoms with Gasteiger partial charge in [0.2, 0.25) is 0 Å². The molecule has 0 atom stereocenters. The van der Waals surface area contributed by atoms with Gasteiger partial charge in [-0.15, -0.1) is 0 Å². The van der Waals surface area contributed by atoms with Crippen LogP contribution >= 0.6 is 0 Å². The molecule has 0 aromatic carbocycles. The molecule has 2 saturated heterocycles. The lowest BCUT2D eigenvalue weighted by Crippen LogP contribution is -2.49. The molecule has 7 heteroatoms. The van der Waals surface area contributed by atoms with E-state index in [4.69, 9.17) is 0 Å². The fourth-order valence-electron chi connectivity index (χ4n) is 4.53. The topological polar surface area (TPSA) is 61.7 Å². The summed E-state index contributed by atoms with van der Waals surface area (Å²) in [6.45, 7) is 8.90. The van der Waals surface area contributed by atoms with Crippen molar-refractivity contribution in [2.24, 2.45) is 0 Å². The van der Waals surface area contributed by atoms with Gasteiger partial charge in [0, 0.05) is 45.8 Å². The van der Waals surface area contributed by atoms with Crippen molar-refractivity contribution >= 4 is 11.8 Å². The highest BCUT2D eigenvalue weighted by Gasteiger charge is 2.32. The number of piperidine rings is 1. The predicted octanol–water partition coefficient (Wildman–Crippen LogP) is 1.62. The van der Waals surface area contributed by atoms with Gasteiger partial charge >= 0.3 is 0 Å². The highest BCUT2D eigenvalue weighted by atomic mass is 16.2. The smallest absolute Gasteiger partial charge is 0.289 e. The molecule has 27 heavy (non-hydrogen) atoms. The molecule has 3 aliphatic rings. The van der Waals surface area contributed by atoms with Gasteiger partial charge in [0.05, 0.1) is 5.69 Å². The molecule has 7 nitrogen and oxygen atoms in total. The molecule has 1 aromatic rings. The molecule has 0 spiro atoms. The summed E-state index contributed by atoms with van der Waals surface area (Å²) in [4.78, 5) is 37.1. The van der Waals surface area contributed by atoms with Crippen LogP contribution in [0.5, 0.6) is 0 Å². The van der Waals surface area contributed by atoms with Gasteiger partial charge in [-0.05, 0) is 45.1 Å². The molecule has 0 saturated carbocycles. The van der Waals surface area contributed by atoms with E-state index in [0.717, 1.165) is 90.2 Å². The minimum atomic E-state index is -0.00778. The van der Waals surface area contributed by atoms with Gasteiger partial charge in [-0.1, -0.05) is 6.92 Å². The average Bonchev–Trinajstić information content (AvgIpc) is 3.13. The van der Waals surface area contributed by atoms with E-state index in [1.165, 1.54) is 6.42 Å². The van der Waals surface area contributed by atoms with Crippen LogP contribution < -0.4 is 0 Å². The van der Waals surface area contributed by atoms with Gasteiger partial charge in [0.1, 0.15) is 5.69 Å². The average molecular weight is 374 g/mol. The summed E-state index contributed by atoms with van der Waals surface area (Å²) in [7, 11) is 0. The fraction of sp³-hybridized carbons (Fsp3) is 0.750. The lowest BCUT2D eigenvalue weighted by Gasteiger charge is -2.34. The molecular formula is C20H31N5O2. The van der Waals surface area contributed by atoms with Crippen molar-refractivity contribution in [1.29, 1.82) is 0 Å². The van der Waals surface area contributed by atoms with Crippen LogP contribution in [0.3, 0.4) is 0 Å². The predicted molar refractivity (Wildman–Crippen MR) is 103 cm³/mol. The SMILES string of the molecule is CCN1CCN(C(=O)c2nc(C(=O)N3CCCCC3)c3n2CCCC3)CC1. The molecule has 0 radical (unpaired) electrons. The van der Waals surface area contributed by atoms with Gasteiger partial charge in [-0.2, -0.15) is 0 Å². The van der Waals surface area contributed by atoms with Gasteiger partial charge in [0.15, 0.2) is 5.82 Å². The number of nitrogens with zero attached hydrogens (tertiary/aromatic N) is 5. The van der Waals surface area contributed by atoms with Crippen molar-refractivity contribution < 1.29 is 9.59 Å². The van der Waals surface area contributed by atoms with Crippen molar-refractivity contribution in [2.75, 3.05) is 45.8 Å². The lowest BCUT2D eigenvalue weighted by atomic mass is 10.1. The maximum atomic E-state index is 13.2. The third-order valence-electron chi connectivity index (χ3n) is 6.26. The van der Waals surface area contributed by atoms with Crippen LogP contribution in [0, 0.1) is 0 Å². The van der Waals surface area contributed by atoms with E-state index in [1.54, 1.807) is 0 Å². The van der Waals surface area contributed by atoms with Crippen molar-refractivity contribution in [3.05, 3.63) is 17.2 Å². The zero-order valence-corrected chi connectivity index (χ0v) is 16.5. The van der Waals surface area contributed by atoms with E-state index in [-0.39, 0.29) is 11.8 Å². The van der Waals surface area contributed by atoms with Crippen molar-refractivity contribution in [3.8, 4) is 0 Å². The summed E-state index contributed by atoms with van der Waals surface area (Å²) in [5.41, 5.74) is 1.51. The quantitative estimate of drug-likeness (QED) is 0.808. The Morgan fingerprint density at radius 2 is 1.48 bits per heavy atom. The molecule has 4 heterocycles. The molecule has 0 N–H and O–H groups in total. The first kappa shape index (κ1) is 18.5. The minimum absolute atomic E-state index is 0.00778. The Bertz CT molecular complexity index is 699. The Morgan fingerprint density at radius 3 is 2.19 bits per heavy atom. The van der Waals surface area contributed by atoms with Crippen LogP contribution in [0.4, 0.5) is 0 Å². The zero-order valence-electron chi connectivity index (χ0n) is 16.5. The van der Waals surface area contributed by atoms with Crippen molar-refractivity contribution in [1.82, 2.24) is 24.3 Å². The molecular weight excluding hydrogens is 342 g/mol. The standard InChI is InChI=1S/C20H31N5O2/c1-2-22-12-14-24(15-13-22)20(27)18-21-17(16-8-4-7-11-25(16)18)19(26)23-9-5-3-6-10-23/h2-15H2,1H3. The number of fused-ring (bicyclic) bond motifs is 1. The van der Waals surface area contributed by atoms with E-state index in [2.05, 4.69) is 16.8 Å². The van der Waals surface area contributed by atoms with E-state index >= 15 is 0 Å². The molecule has 2 amide bonds. The second kappa shape index (κ2) is 8.00. The third-order valence-corrected chi connectivity index (χ3v) is 6.26. The highest BCUT2D eigenvalue weighted by molar-refractivity contribution is 5.97.